The van der Waals surface area contributed by atoms with Crippen LogP contribution in [0, 0.1) is 0 Å². The van der Waals surface area contributed by atoms with Crippen LogP contribution in [0.15, 0.2) is 174 Å². The number of furan rings is 1. The van der Waals surface area contributed by atoms with Gasteiger partial charge in [0.05, 0.1) is 22.6 Å². The fourth-order valence-electron chi connectivity index (χ4n) is 9.59. The van der Waals surface area contributed by atoms with Crippen LogP contribution in [0.4, 0.5) is 17.1 Å². The van der Waals surface area contributed by atoms with Crippen molar-refractivity contribution in [1.29, 1.82) is 0 Å². The Morgan fingerprint density at radius 2 is 1.19 bits per heavy atom. The number of thiophene rings is 1. The molecule has 0 radical (unpaired) electrons. The topological polar surface area (TPSA) is 21.3 Å². The Morgan fingerprint density at radius 1 is 0.517 bits per heavy atom. The first-order valence-electron chi connectivity index (χ1n) is 20.3. The summed E-state index contributed by atoms with van der Waals surface area (Å²) in [5.74, 6) is 1.07. The van der Waals surface area contributed by atoms with Crippen molar-refractivity contribution in [3.05, 3.63) is 192 Å². The van der Waals surface area contributed by atoms with Crippen molar-refractivity contribution < 1.29 is 4.42 Å². The molecule has 0 bridgehead atoms. The minimum absolute atomic E-state index is 0.919. The zero-order valence-corrected chi connectivity index (χ0v) is 32.7. The van der Waals surface area contributed by atoms with E-state index in [-0.39, 0.29) is 0 Å². The van der Waals surface area contributed by atoms with Crippen LogP contribution in [0.25, 0.3) is 82.1 Å². The first-order valence-corrected chi connectivity index (χ1v) is 21.1. The molecule has 3 nitrogen and oxygen atoms in total. The lowest BCUT2D eigenvalue weighted by molar-refractivity contribution is 0.546. The highest BCUT2D eigenvalue weighted by Crippen LogP contribution is 2.48. The summed E-state index contributed by atoms with van der Waals surface area (Å²) in [6.45, 7) is 0. The molecular formula is C54H38N2OS. The number of benzene rings is 7. The molecule has 0 unspecified atom stereocenters. The fourth-order valence-corrected chi connectivity index (χ4v) is 10.7. The van der Waals surface area contributed by atoms with Crippen LogP contribution >= 0.6 is 11.3 Å². The maximum Gasteiger partial charge on any atom is 0.158 e. The predicted molar refractivity (Wildman–Crippen MR) is 246 cm³/mol. The molecule has 0 N–H and O–H groups in total. The van der Waals surface area contributed by atoms with Crippen molar-refractivity contribution >= 4 is 82.6 Å². The molecule has 0 aliphatic heterocycles. The number of aryl methyl sites for hydroxylation is 1. The van der Waals surface area contributed by atoms with E-state index >= 15 is 0 Å². The van der Waals surface area contributed by atoms with Gasteiger partial charge in [0.2, 0.25) is 0 Å². The normalized spacial score (nSPS) is 13.4. The second-order valence-corrected chi connectivity index (χ2v) is 16.5. The van der Waals surface area contributed by atoms with E-state index in [4.69, 9.17) is 4.42 Å². The van der Waals surface area contributed by atoms with Gasteiger partial charge in [0.1, 0.15) is 5.76 Å². The number of fused-ring (bicyclic) bond motifs is 9. The number of para-hydroxylation sites is 3. The Balaban J connectivity index is 1.03. The van der Waals surface area contributed by atoms with Crippen molar-refractivity contribution in [3.63, 3.8) is 0 Å². The molecule has 0 saturated carbocycles. The lowest BCUT2D eigenvalue weighted by atomic mass is 9.93. The summed E-state index contributed by atoms with van der Waals surface area (Å²) < 4.78 is 11.9. The summed E-state index contributed by atoms with van der Waals surface area (Å²) in [4.78, 5) is 2.42. The summed E-state index contributed by atoms with van der Waals surface area (Å²) in [5, 5.41) is 5.00. The molecule has 0 amide bonds. The van der Waals surface area contributed by atoms with Gasteiger partial charge in [-0.05, 0) is 84.5 Å². The van der Waals surface area contributed by atoms with E-state index in [9.17, 15) is 0 Å². The third-order valence-electron chi connectivity index (χ3n) is 12.1. The van der Waals surface area contributed by atoms with Gasteiger partial charge in [0.25, 0.3) is 0 Å². The lowest BCUT2D eigenvalue weighted by Crippen LogP contribution is -2.10. The molecule has 3 heterocycles. The summed E-state index contributed by atoms with van der Waals surface area (Å²) in [5.41, 5.74) is 15.4. The minimum Gasteiger partial charge on any atom is -0.458 e. The number of anilines is 3. The number of hydrogen-bond acceptors (Lipinski definition) is 3. The van der Waals surface area contributed by atoms with E-state index in [2.05, 4.69) is 191 Å². The van der Waals surface area contributed by atoms with Crippen LogP contribution < -0.4 is 4.90 Å². The van der Waals surface area contributed by atoms with Crippen molar-refractivity contribution in [3.8, 4) is 27.9 Å². The summed E-state index contributed by atoms with van der Waals surface area (Å²) in [7, 11) is 0. The van der Waals surface area contributed by atoms with Gasteiger partial charge in [-0.15, -0.1) is 11.3 Å². The number of allylic oxidation sites excluding steroid dienone is 2. The van der Waals surface area contributed by atoms with Gasteiger partial charge in [0.15, 0.2) is 5.58 Å². The minimum atomic E-state index is 0.919. The highest BCUT2D eigenvalue weighted by atomic mass is 32.1. The second kappa shape index (κ2) is 13.4. The molecule has 58 heavy (non-hydrogen) atoms. The average Bonchev–Trinajstić information content (AvgIpc) is 3.97. The van der Waals surface area contributed by atoms with Gasteiger partial charge in [-0.25, -0.2) is 0 Å². The quantitative estimate of drug-likeness (QED) is 0.168. The van der Waals surface area contributed by atoms with Crippen LogP contribution in [0.3, 0.4) is 0 Å². The summed E-state index contributed by atoms with van der Waals surface area (Å²) in [6.07, 6.45) is 13.1. The van der Waals surface area contributed by atoms with E-state index in [1.165, 1.54) is 75.8 Å². The SMILES string of the molecule is C1=Cc2c(oc3c(N(c4ccc(-c5ccccc5-c5ccccc5-n5c6c(c7ccccc75)C=CCC6)cc4)c4cccc5sc6ccccc6c45)cccc23)CC1. The number of hydrogen-bond donors (Lipinski definition) is 0. The third kappa shape index (κ3) is 5.11. The van der Waals surface area contributed by atoms with Gasteiger partial charge in [-0.2, -0.15) is 0 Å². The van der Waals surface area contributed by atoms with Crippen LogP contribution in [0.2, 0.25) is 0 Å². The molecule has 0 atom stereocenters. The van der Waals surface area contributed by atoms with Crippen molar-refractivity contribution in [2.45, 2.75) is 25.7 Å². The van der Waals surface area contributed by atoms with Gasteiger partial charge in [-0.1, -0.05) is 133 Å². The van der Waals surface area contributed by atoms with Crippen LogP contribution in [0.5, 0.6) is 0 Å². The van der Waals surface area contributed by atoms with Gasteiger partial charge < -0.3 is 13.9 Å². The molecular weight excluding hydrogens is 725 g/mol. The molecule has 3 aromatic heterocycles. The molecule has 2 aliphatic rings. The predicted octanol–water partition coefficient (Wildman–Crippen LogP) is 15.5. The summed E-state index contributed by atoms with van der Waals surface area (Å²) >= 11 is 1.85. The first-order chi connectivity index (χ1) is 28.8. The standard InChI is InChI=1S/C54H38N2OS/c1-2-16-38(39-17-3-8-23-45(39)56-46-24-9-4-18-40(46)41-19-5-10-25-47(41)56)37(15-1)35-31-33-36(34-32-35)55(48-26-14-30-52-53(48)44-21-7-12-29-51(44)58-52)49-27-13-22-43-42-20-6-11-28-50(42)57-54(43)49/h1-9,12-24,26-27,29-34H,10-11,25,28H2. The van der Waals surface area contributed by atoms with E-state index < -0.39 is 0 Å². The highest BCUT2D eigenvalue weighted by molar-refractivity contribution is 7.26. The van der Waals surface area contributed by atoms with Gasteiger partial charge in [-0.3, -0.25) is 0 Å². The van der Waals surface area contributed by atoms with Gasteiger partial charge >= 0.3 is 0 Å². The van der Waals surface area contributed by atoms with Crippen molar-refractivity contribution in [1.82, 2.24) is 4.57 Å². The Bertz CT molecular complexity index is 3300. The average molecular weight is 763 g/mol. The Morgan fingerprint density at radius 3 is 2.09 bits per heavy atom. The lowest BCUT2D eigenvalue weighted by Gasteiger charge is -2.27. The van der Waals surface area contributed by atoms with E-state index in [0.717, 1.165) is 59.5 Å². The Hall–Kier alpha value is -6.88. The largest absolute Gasteiger partial charge is 0.458 e. The van der Waals surface area contributed by atoms with Crippen LogP contribution in [0.1, 0.15) is 35.4 Å². The zero-order chi connectivity index (χ0) is 38.2. The van der Waals surface area contributed by atoms with E-state index in [1.807, 2.05) is 11.3 Å². The third-order valence-corrected chi connectivity index (χ3v) is 13.3. The van der Waals surface area contributed by atoms with E-state index in [1.54, 1.807) is 0 Å². The van der Waals surface area contributed by atoms with Gasteiger partial charge in [0, 0.05) is 65.4 Å². The summed E-state index contributed by atoms with van der Waals surface area (Å²) in [6, 6.07) is 57.9. The fraction of sp³-hybridized carbons (Fsp3) is 0.0741. The van der Waals surface area contributed by atoms with Crippen LogP contribution in [-0.2, 0) is 12.8 Å². The molecule has 0 fully saturated rings. The molecule has 7 aromatic carbocycles. The molecule has 276 valence electrons. The maximum absolute atomic E-state index is 6.79. The number of rotatable bonds is 6. The van der Waals surface area contributed by atoms with Crippen LogP contribution in [-0.4, -0.2) is 4.57 Å². The molecule has 0 spiro atoms. The number of aromatic nitrogens is 1. The molecule has 4 heteroatoms. The monoisotopic (exact) mass is 762 g/mol. The molecule has 12 rings (SSSR count). The molecule has 2 aliphatic carbocycles. The molecule has 0 saturated heterocycles. The highest BCUT2D eigenvalue weighted by Gasteiger charge is 2.25. The van der Waals surface area contributed by atoms with E-state index in [0.29, 0.717) is 0 Å². The van der Waals surface area contributed by atoms with Crippen molar-refractivity contribution in [2.24, 2.45) is 0 Å². The zero-order valence-electron chi connectivity index (χ0n) is 31.9. The molecule has 10 aromatic rings. The maximum atomic E-state index is 6.79. The number of nitrogens with zero attached hydrogens (tertiary/aromatic N) is 2. The van der Waals surface area contributed by atoms with Crippen molar-refractivity contribution in [2.75, 3.05) is 4.90 Å². The Labute approximate surface area is 341 Å². The first kappa shape index (κ1) is 33.3. The second-order valence-electron chi connectivity index (χ2n) is 15.4. The Kier molecular flexibility index (Phi) is 7.67. The smallest absolute Gasteiger partial charge is 0.158 e.